The van der Waals surface area contributed by atoms with Gasteiger partial charge in [-0.1, -0.05) is 24.3 Å². The molecule has 6 heteroatoms. The van der Waals surface area contributed by atoms with Crippen molar-refractivity contribution in [3.63, 3.8) is 0 Å². The molecule has 2 aromatic carbocycles. The van der Waals surface area contributed by atoms with Crippen molar-refractivity contribution in [2.45, 2.75) is 33.8 Å². The molecule has 0 aromatic heterocycles. The van der Waals surface area contributed by atoms with Crippen LogP contribution in [0.25, 0.3) is 0 Å². The van der Waals surface area contributed by atoms with Crippen molar-refractivity contribution in [1.82, 2.24) is 4.90 Å². The molecule has 0 N–H and O–H groups in total. The number of esters is 1. The fraction of sp³-hybridized carbons (Fsp3) is 0.417. The monoisotopic (exact) mass is 410 g/mol. The van der Waals surface area contributed by atoms with Gasteiger partial charge in [-0.05, 0) is 62.6 Å². The van der Waals surface area contributed by atoms with Crippen LogP contribution in [-0.4, -0.2) is 55.7 Å². The van der Waals surface area contributed by atoms with Gasteiger partial charge < -0.3 is 19.3 Å². The van der Waals surface area contributed by atoms with Gasteiger partial charge in [-0.2, -0.15) is 0 Å². The lowest BCUT2D eigenvalue weighted by molar-refractivity contribution is -0.157. The van der Waals surface area contributed by atoms with Crippen LogP contribution in [0.1, 0.15) is 23.6 Å². The van der Waals surface area contributed by atoms with E-state index in [1.807, 2.05) is 25.1 Å². The zero-order valence-corrected chi connectivity index (χ0v) is 18.2. The second-order valence-electron chi connectivity index (χ2n) is 7.77. The van der Waals surface area contributed by atoms with E-state index >= 15 is 0 Å². The third-order valence-electron chi connectivity index (χ3n) is 5.52. The highest BCUT2D eigenvalue weighted by atomic mass is 16.6. The van der Waals surface area contributed by atoms with Gasteiger partial charge >= 0.3 is 5.97 Å². The van der Waals surface area contributed by atoms with Gasteiger partial charge in [-0.15, -0.1) is 0 Å². The first kappa shape index (κ1) is 21.7. The Morgan fingerprint density at radius 3 is 2.40 bits per heavy atom. The van der Waals surface area contributed by atoms with Gasteiger partial charge in [0.25, 0.3) is 5.91 Å². The Kier molecular flexibility index (Phi) is 6.98. The van der Waals surface area contributed by atoms with Gasteiger partial charge in [-0.3, -0.25) is 4.79 Å². The first-order chi connectivity index (χ1) is 14.3. The quantitative estimate of drug-likeness (QED) is 0.684. The molecule has 0 aliphatic carbocycles. The van der Waals surface area contributed by atoms with Crippen molar-refractivity contribution < 1.29 is 19.1 Å². The van der Waals surface area contributed by atoms with Crippen LogP contribution in [0.2, 0.25) is 0 Å². The molecule has 1 saturated heterocycles. The lowest BCUT2D eigenvalue weighted by Gasteiger charge is -2.37. The lowest BCUT2D eigenvalue weighted by Crippen LogP contribution is -2.50. The molecule has 0 bridgehead atoms. The van der Waals surface area contributed by atoms with E-state index in [1.165, 1.54) is 16.8 Å². The van der Waals surface area contributed by atoms with E-state index in [2.05, 4.69) is 36.9 Å². The third kappa shape index (κ3) is 5.32. The number of ether oxygens (including phenoxy) is 2. The summed E-state index contributed by atoms with van der Waals surface area (Å²) in [6.07, 6.45) is -0.777. The number of anilines is 1. The Hall–Kier alpha value is -3.02. The molecule has 0 unspecified atom stereocenters. The number of hydrogen-bond acceptors (Lipinski definition) is 5. The topological polar surface area (TPSA) is 59.1 Å². The molecular formula is C24H30N2O4. The minimum absolute atomic E-state index is 0.174. The number of aryl methyl sites for hydroxylation is 2. The lowest BCUT2D eigenvalue weighted by atomic mass is 10.1. The number of carbonyl (C=O) groups is 2. The minimum atomic E-state index is -0.777. The summed E-state index contributed by atoms with van der Waals surface area (Å²) < 4.78 is 10.8. The van der Waals surface area contributed by atoms with E-state index in [-0.39, 0.29) is 12.5 Å². The summed E-state index contributed by atoms with van der Waals surface area (Å²) in [7, 11) is 0. The maximum Gasteiger partial charge on any atom is 0.347 e. The largest absolute Gasteiger partial charge is 0.479 e. The molecule has 3 rings (SSSR count). The molecule has 1 atom stereocenters. The molecule has 1 heterocycles. The summed E-state index contributed by atoms with van der Waals surface area (Å²) in [5, 5.41) is 0. The summed E-state index contributed by atoms with van der Waals surface area (Å²) in [4.78, 5) is 28.7. The van der Waals surface area contributed by atoms with Crippen LogP contribution in [0.4, 0.5) is 5.69 Å². The number of nitrogens with zero attached hydrogens (tertiary/aromatic N) is 2. The summed E-state index contributed by atoms with van der Waals surface area (Å²) >= 11 is 0. The number of rotatable bonds is 6. The predicted molar refractivity (Wildman–Crippen MR) is 117 cm³/mol. The zero-order valence-electron chi connectivity index (χ0n) is 18.2. The van der Waals surface area contributed by atoms with Gasteiger partial charge in [0.05, 0.1) is 0 Å². The molecule has 1 aliphatic heterocycles. The highest BCUT2D eigenvalue weighted by Crippen LogP contribution is 2.24. The summed E-state index contributed by atoms with van der Waals surface area (Å²) in [6, 6.07) is 13.8. The number of piperazine rings is 1. The second kappa shape index (κ2) is 9.65. The van der Waals surface area contributed by atoms with Crippen LogP contribution in [0.5, 0.6) is 5.75 Å². The molecule has 0 radical (unpaired) electrons. The fourth-order valence-electron chi connectivity index (χ4n) is 3.56. The maximum atomic E-state index is 12.5. The Bertz CT molecular complexity index is 904. The van der Waals surface area contributed by atoms with Crippen molar-refractivity contribution in [2.75, 3.05) is 37.7 Å². The SMILES string of the molecule is Cc1cccc(O[C@@H](C)C(=O)OCC(=O)N2CCN(c3cccc(C)c3C)CC2)c1. The van der Waals surface area contributed by atoms with E-state index in [1.54, 1.807) is 17.9 Å². The maximum absolute atomic E-state index is 12.5. The van der Waals surface area contributed by atoms with Gasteiger partial charge in [0.1, 0.15) is 5.75 Å². The molecule has 1 aliphatic rings. The normalized spacial score (nSPS) is 14.9. The minimum Gasteiger partial charge on any atom is -0.479 e. The van der Waals surface area contributed by atoms with Crippen LogP contribution < -0.4 is 9.64 Å². The highest BCUT2D eigenvalue weighted by molar-refractivity contribution is 5.82. The van der Waals surface area contributed by atoms with Crippen molar-refractivity contribution in [1.29, 1.82) is 0 Å². The Labute approximate surface area is 178 Å². The number of benzene rings is 2. The van der Waals surface area contributed by atoms with Gasteiger partial charge in [0.15, 0.2) is 12.7 Å². The number of hydrogen-bond donors (Lipinski definition) is 0. The molecule has 2 aromatic rings. The average Bonchev–Trinajstić information content (AvgIpc) is 2.74. The molecule has 0 saturated carbocycles. The van der Waals surface area contributed by atoms with E-state index in [9.17, 15) is 9.59 Å². The van der Waals surface area contributed by atoms with Crippen molar-refractivity contribution in [3.05, 3.63) is 59.2 Å². The first-order valence-electron chi connectivity index (χ1n) is 10.3. The van der Waals surface area contributed by atoms with Gasteiger partial charge in [-0.25, -0.2) is 4.79 Å². The van der Waals surface area contributed by atoms with Crippen LogP contribution in [0.3, 0.4) is 0 Å². The van der Waals surface area contributed by atoms with Crippen LogP contribution in [-0.2, 0) is 14.3 Å². The molecule has 0 spiro atoms. The smallest absolute Gasteiger partial charge is 0.347 e. The first-order valence-corrected chi connectivity index (χ1v) is 10.3. The third-order valence-corrected chi connectivity index (χ3v) is 5.52. The molecule has 30 heavy (non-hydrogen) atoms. The Morgan fingerprint density at radius 1 is 1.00 bits per heavy atom. The van der Waals surface area contributed by atoms with Crippen LogP contribution in [0, 0.1) is 20.8 Å². The fourth-order valence-corrected chi connectivity index (χ4v) is 3.56. The Balaban J connectivity index is 1.45. The van der Waals surface area contributed by atoms with Gasteiger partial charge in [0.2, 0.25) is 0 Å². The summed E-state index contributed by atoms with van der Waals surface area (Å²) in [5.41, 5.74) is 4.80. The van der Waals surface area contributed by atoms with E-state index < -0.39 is 12.1 Å². The molecule has 160 valence electrons. The van der Waals surface area contributed by atoms with E-state index in [0.717, 1.165) is 18.7 Å². The zero-order chi connectivity index (χ0) is 21.7. The molecule has 1 amide bonds. The average molecular weight is 411 g/mol. The van der Waals surface area contributed by atoms with Crippen molar-refractivity contribution >= 4 is 17.6 Å². The van der Waals surface area contributed by atoms with Crippen molar-refractivity contribution in [2.24, 2.45) is 0 Å². The molecule has 1 fully saturated rings. The van der Waals surface area contributed by atoms with Crippen molar-refractivity contribution in [3.8, 4) is 5.75 Å². The van der Waals surface area contributed by atoms with Crippen LogP contribution >= 0.6 is 0 Å². The van der Waals surface area contributed by atoms with E-state index in [0.29, 0.717) is 18.8 Å². The Morgan fingerprint density at radius 2 is 1.70 bits per heavy atom. The molecule has 6 nitrogen and oxygen atoms in total. The summed E-state index contributed by atoms with van der Waals surface area (Å²) in [6.45, 7) is 10.3. The molecular weight excluding hydrogens is 380 g/mol. The van der Waals surface area contributed by atoms with Gasteiger partial charge in [0, 0.05) is 31.9 Å². The highest BCUT2D eigenvalue weighted by Gasteiger charge is 2.24. The van der Waals surface area contributed by atoms with Crippen LogP contribution in [0.15, 0.2) is 42.5 Å². The summed E-state index contributed by atoms with van der Waals surface area (Å²) in [5.74, 6) is -0.112. The standard InChI is InChI=1S/C24H30N2O4/c1-17-7-5-9-21(15-17)30-20(4)24(28)29-16-23(27)26-13-11-25(12-14-26)22-10-6-8-18(2)19(22)3/h5-10,15,20H,11-14,16H2,1-4H3/t20-/m0/s1. The number of carbonyl (C=O) groups excluding carboxylic acids is 2. The number of amides is 1. The van der Waals surface area contributed by atoms with E-state index in [4.69, 9.17) is 9.47 Å². The predicted octanol–water partition coefficient (Wildman–Crippen LogP) is 3.27. The second-order valence-corrected chi connectivity index (χ2v) is 7.77.